The van der Waals surface area contributed by atoms with Gasteiger partial charge in [-0.3, -0.25) is 4.79 Å². The predicted octanol–water partition coefficient (Wildman–Crippen LogP) is 1.45. The lowest BCUT2D eigenvalue weighted by Crippen LogP contribution is -2.38. The summed E-state index contributed by atoms with van der Waals surface area (Å²) in [5.41, 5.74) is 1.26. The Morgan fingerprint density at radius 3 is 2.61 bits per heavy atom. The van der Waals surface area contributed by atoms with Crippen LogP contribution in [0.3, 0.4) is 0 Å². The zero-order chi connectivity index (χ0) is 16.2. The van der Waals surface area contributed by atoms with Crippen LogP contribution in [0.4, 0.5) is 0 Å². The third kappa shape index (κ3) is 2.98. The molecule has 120 valence electrons. The molecular weight excluding hydrogens is 294 g/mol. The second kappa shape index (κ2) is 6.66. The van der Waals surface area contributed by atoms with Crippen LogP contribution in [0.25, 0.3) is 5.57 Å². The first-order valence-electron chi connectivity index (χ1n) is 7.58. The Hall–Kier alpha value is -2.60. The van der Waals surface area contributed by atoms with Crippen molar-refractivity contribution in [2.45, 2.75) is 19.0 Å². The Morgan fingerprint density at radius 2 is 1.96 bits per heavy atom. The van der Waals surface area contributed by atoms with Crippen molar-refractivity contribution in [2.75, 3.05) is 13.2 Å². The molecule has 1 amide bonds. The van der Waals surface area contributed by atoms with Crippen LogP contribution in [0.1, 0.15) is 12.0 Å². The lowest BCUT2D eigenvalue weighted by Gasteiger charge is -2.25. The van der Waals surface area contributed by atoms with Crippen molar-refractivity contribution in [3.05, 3.63) is 60.4 Å². The van der Waals surface area contributed by atoms with E-state index in [1.807, 2.05) is 41.1 Å². The van der Waals surface area contributed by atoms with Crippen LogP contribution in [0.15, 0.2) is 54.8 Å². The monoisotopic (exact) mass is 313 g/mol. The standard InChI is InChI=1S/C17H19N3O3/c21-11-14-15(13-5-2-1-3-6-13)16(22)17(23)20(14)9-4-8-19-10-7-18-12-19/h1-3,5-7,10,12,14,21-22H,4,8-9,11H2. The van der Waals surface area contributed by atoms with E-state index < -0.39 is 11.9 Å². The van der Waals surface area contributed by atoms with E-state index in [0.717, 1.165) is 12.1 Å². The number of imidazole rings is 1. The Kier molecular flexibility index (Phi) is 4.43. The molecule has 1 aromatic heterocycles. The van der Waals surface area contributed by atoms with Crippen molar-refractivity contribution in [2.24, 2.45) is 0 Å². The van der Waals surface area contributed by atoms with E-state index in [1.165, 1.54) is 4.90 Å². The van der Waals surface area contributed by atoms with Crippen molar-refractivity contribution >= 4 is 11.5 Å². The molecule has 6 nitrogen and oxygen atoms in total. The van der Waals surface area contributed by atoms with Gasteiger partial charge in [0.2, 0.25) is 0 Å². The maximum Gasteiger partial charge on any atom is 0.289 e. The number of nitrogens with zero attached hydrogens (tertiary/aromatic N) is 3. The van der Waals surface area contributed by atoms with E-state index in [9.17, 15) is 15.0 Å². The lowest BCUT2D eigenvalue weighted by molar-refractivity contribution is -0.129. The highest BCUT2D eigenvalue weighted by Crippen LogP contribution is 2.32. The first kappa shape index (κ1) is 15.3. The molecule has 0 spiro atoms. The Morgan fingerprint density at radius 1 is 1.17 bits per heavy atom. The van der Waals surface area contributed by atoms with E-state index in [4.69, 9.17) is 0 Å². The number of rotatable bonds is 6. The predicted molar refractivity (Wildman–Crippen MR) is 85.4 cm³/mol. The van der Waals surface area contributed by atoms with Crippen LogP contribution in [-0.4, -0.2) is 49.8 Å². The number of carbonyl (C=O) groups excluding carboxylic acids is 1. The molecule has 1 atom stereocenters. The summed E-state index contributed by atoms with van der Waals surface area (Å²) >= 11 is 0. The number of hydrogen-bond acceptors (Lipinski definition) is 4. The van der Waals surface area contributed by atoms with Gasteiger partial charge in [-0.15, -0.1) is 0 Å². The van der Waals surface area contributed by atoms with Gasteiger partial charge < -0.3 is 19.7 Å². The van der Waals surface area contributed by atoms with Crippen LogP contribution in [0.2, 0.25) is 0 Å². The van der Waals surface area contributed by atoms with Crippen molar-refractivity contribution in [3.63, 3.8) is 0 Å². The fraction of sp³-hybridized carbons (Fsp3) is 0.294. The van der Waals surface area contributed by atoms with Gasteiger partial charge in [0.05, 0.1) is 19.0 Å². The molecule has 23 heavy (non-hydrogen) atoms. The summed E-state index contributed by atoms with van der Waals surface area (Å²) in [5, 5.41) is 20.0. The average Bonchev–Trinajstić information content (AvgIpc) is 3.17. The minimum absolute atomic E-state index is 0.217. The van der Waals surface area contributed by atoms with Crippen LogP contribution in [0.5, 0.6) is 0 Å². The number of aromatic nitrogens is 2. The van der Waals surface area contributed by atoms with Crippen molar-refractivity contribution < 1.29 is 15.0 Å². The third-order valence-electron chi connectivity index (χ3n) is 4.06. The second-order valence-corrected chi connectivity index (χ2v) is 5.48. The van der Waals surface area contributed by atoms with E-state index in [0.29, 0.717) is 18.5 Å². The minimum atomic E-state index is -0.507. The third-order valence-corrected chi connectivity index (χ3v) is 4.06. The van der Waals surface area contributed by atoms with Crippen LogP contribution in [0, 0.1) is 0 Å². The van der Waals surface area contributed by atoms with E-state index in [1.54, 1.807) is 12.5 Å². The van der Waals surface area contributed by atoms with Gasteiger partial charge in [-0.25, -0.2) is 4.98 Å². The van der Waals surface area contributed by atoms with Crippen molar-refractivity contribution in [1.29, 1.82) is 0 Å². The quantitative estimate of drug-likeness (QED) is 0.846. The molecular formula is C17H19N3O3. The number of aliphatic hydroxyl groups excluding tert-OH is 2. The van der Waals surface area contributed by atoms with Gasteiger partial charge in [-0.1, -0.05) is 30.3 Å². The first-order chi connectivity index (χ1) is 11.2. The SMILES string of the molecule is O=C1C(O)=C(c2ccccc2)C(CO)N1CCCn1ccnc1. The highest BCUT2D eigenvalue weighted by atomic mass is 16.3. The van der Waals surface area contributed by atoms with E-state index in [-0.39, 0.29) is 12.4 Å². The summed E-state index contributed by atoms with van der Waals surface area (Å²) in [4.78, 5) is 17.9. The Balaban J connectivity index is 1.74. The molecule has 0 fully saturated rings. The summed E-state index contributed by atoms with van der Waals surface area (Å²) in [7, 11) is 0. The normalized spacial score (nSPS) is 18.0. The molecule has 1 aromatic carbocycles. The van der Waals surface area contributed by atoms with Crippen molar-refractivity contribution in [1.82, 2.24) is 14.5 Å². The molecule has 0 bridgehead atoms. The summed E-state index contributed by atoms with van der Waals surface area (Å²) < 4.78 is 1.93. The van der Waals surface area contributed by atoms with Gasteiger partial charge in [0.25, 0.3) is 5.91 Å². The zero-order valence-electron chi connectivity index (χ0n) is 12.7. The van der Waals surface area contributed by atoms with Crippen LogP contribution < -0.4 is 0 Å². The molecule has 2 N–H and O–H groups in total. The minimum Gasteiger partial charge on any atom is -0.503 e. The van der Waals surface area contributed by atoms with Gasteiger partial charge in [0.15, 0.2) is 5.76 Å². The summed E-state index contributed by atoms with van der Waals surface area (Å²) in [6.07, 6.45) is 6.01. The molecule has 6 heteroatoms. The fourth-order valence-electron chi connectivity index (χ4n) is 2.94. The summed E-state index contributed by atoms with van der Waals surface area (Å²) in [6, 6.07) is 8.71. The van der Waals surface area contributed by atoms with Gasteiger partial charge in [-0.2, -0.15) is 0 Å². The smallest absolute Gasteiger partial charge is 0.289 e. The summed E-state index contributed by atoms with van der Waals surface area (Å²) in [6.45, 7) is 0.969. The zero-order valence-corrected chi connectivity index (χ0v) is 12.7. The van der Waals surface area contributed by atoms with Crippen LogP contribution >= 0.6 is 0 Å². The molecule has 3 rings (SSSR count). The van der Waals surface area contributed by atoms with E-state index in [2.05, 4.69) is 4.98 Å². The van der Waals surface area contributed by atoms with Gasteiger partial charge >= 0.3 is 0 Å². The fourth-order valence-corrected chi connectivity index (χ4v) is 2.94. The molecule has 1 unspecified atom stereocenters. The summed E-state index contributed by atoms with van der Waals surface area (Å²) in [5.74, 6) is -0.689. The highest BCUT2D eigenvalue weighted by Gasteiger charge is 2.39. The maximum atomic E-state index is 12.3. The molecule has 2 aromatic rings. The van der Waals surface area contributed by atoms with Gasteiger partial charge in [0.1, 0.15) is 0 Å². The number of carbonyl (C=O) groups is 1. The first-order valence-corrected chi connectivity index (χ1v) is 7.58. The second-order valence-electron chi connectivity index (χ2n) is 5.48. The molecule has 1 aliphatic heterocycles. The van der Waals surface area contributed by atoms with Gasteiger partial charge in [-0.05, 0) is 12.0 Å². The number of benzene rings is 1. The topological polar surface area (TPSA) is 78.6 Å². The van der Waals surface area contributed by atoms with Crippen LogP contribution in [-0.2, 0) is 11.3 Å². The molecule has 0 aliphatic carbocycles. The molecule has 0 saturated heterocycles. The lowest BCUT2D eigenvalue weighted by atomic mass is 10.00. The number of aryl methyl sites for hydroxylation is 1. The molecule has 2 heterocycles. The Labute approximate surface area is 134 Å². The van der Waals surface area contributed by atoms with Gasteiger partial charge in [0, 0.05) is 31.1 Å². The maximum absolute atomic E-state index is 12.3. The number of aliphatic hydroxyl groups is 2. The molecule has 0 saturated carbocycles. The number of amides is 1. The Bertz CT molecular complexity index is 695. The largest absolute Gasteiger partial charge is 0.503 e. The van der Waals surface area contributed by atoms with Crippen molar-refractivity contribution in [3.8, 4) is 0 Å². The highest BCUT2D eigenvalue weighted by molar-refractivity contribution is 6.05. The molecule has 0 radical (unpaired) electrons. The molecule has 1 aliphatic rings. The average molecular weight is 313 g/mol. The van der Waals surface area contributed by atoms with E-state index >= 15 is 0 Å². The number of hydrogen-bond donors (Lipinski definition) is 2.